The number of halogens is 11. The molecule has 0 heterocycles. The quantitative estimate of drug-likeness (QED) is 0.361. The molecule has 0 spiro atoms. The zero-order valence-electron chi connectivity index (χ0n) is 13.6. The van der Waals surface area contributed by atoms with E-state index in [2.05, 4.69) is 9.47 Å². The third kappa shape index (κ3) is 4.47. The maximum atomic E-state index is 14.0. The summed E-state index contributed by atoms with van der Waals surface area (Å²) in [7, 11) is 0. The van der Waals surface area contributed by atoms with E-state index in [0.717, 1.165) is 12.1 Å². The summed E-state index contributed by atoms with van der Waals surface area (Å²) in [4.78, 5) is 11.5. The van der Waals surface area contributed by atoms with Crippen molar-refractivity contribution < 1.29 is 62.6 Å². The first-order valence-electron chi connectivity index (χ1n) is 6.83. The number of ether oxygens (including phenoxy) is 2. The smallest absolute Gasteiger partial charge is 0.422 e. The Bertz CT molecular complexity index is 719. The molecule has 0 saturated heterocycles. The summed E-state index contributed by atoms with van der Waals surface area (Å²) < 4.78 is 146. The van der Waals surface area contributed by atoms with Gasteiger partial charge in [-0.15, -0.1) is 0 Å². The normalized spacial score (nSPS) is 15.9. The fourth-order valence-electron chi connectivity index (χ4n) is 1.79. The van der Waals surface area contributed by atoms with Crippen LogP contribution in [0.25, 0.3) is 0 Å². The minimum Gasteiger partial charge on any atom is -0.422 e. The van der Waals surface area contributed by atoms with Crippen LogP contribution in [-0.2, 0) is 9.53 Å². The molecule has 0 aliphatic carbocycles. The molecule has 3 nitrogen and oxygen atoms in total. The van der Waals surface area contributed by atoms with Crippen LogP contribution in [0.5, 0.6) is 5.75 Å². The van der Waals surface area contributed by atoms with Crippen LogP contribution in [0.3, 0.4) is 0 Å². The number of hydrogen-bond acceptors (Lipinski definition) is 3. The largest absolute Gasteiger partial charge is 0.462 e. The molecule has 0 bridgehead atoms. The van der Waals surface area contributed by atoms with E-state index in [0.29, 0.717) is 0 Å². The van der Waals surface area contributed by atoms with Crippen molar-refractivity contribution in [2.24, 2.45) is 0 Å². The number of carbonyl (C=O) groups excluding carboxylic acids is 1. The Balaban J connectivity index is 3.34. The average molecular weight is 434 g/mol. The van der Waals surface area contributed by atoms with E-state index < -0.39 is 42.0 Å². The van der Waals surface area contributed by atoms with Crippen LogP contribution in [0.15, 0.2) is 18.2 Å². The summed E-state index contributed by atoms with van der Waals surface area (Å²) in [6.45, 7) is 2.68. The molecule has 0 saturated carbocycles. The van der Waals surface area contributed by atoms with Gasteiger partial charge in [0.15, 0.2) is 0 Å². The van der Waals surface area contributed by atoms with E-state index in [-0.39, 0.29) is 11.1 Å². The van der Waals surface area contributed by atoms with Crippen molar-refractivity contribution in [1.29, 1.82) is 0 Å². The Morgan fingerprint density at radius 3 is 1.54 bits per heavy atom. The van der Waals surface area contributed by atoms with E-state index in [4.69, 9.17) is 0 Å². The van der Waals surface area contributed by atoms with Crippen molar-refractivity contribution in [2.45, 2.75) is 44.1 Å². The standard InChI is InChI=1S/C14H9F11O3/c1-6-3-7(2)5-8(4-6)27-9(26)10(15,12(18,19)20)28-14(24,25)11(16,17)13(21,22)23/h3-5H,1-2H3/t10-/m1/s1. The number of benzene rings is 1. The molecule has 0 aliphatic rings. The van der Waals surface area contributed by atoms with E-state index in [1.54, 1.807) is 0 Å². The number of rotatable bonds is 5. The molecule has 28 heavy (non-hydrogen) atoms. The first-order chi connectivity index (χ1) is 12.2. The SMILES string of the molecule is Cc1cc(C)cc(OC(=O)[C@@](F)(OC(F)(F)C(F)(F)C(F)(F)F)C(F)(F)F)c1. The molecule has 0 radical (unpaired) electrons. The maximum absolute atomic E-state index is 14.0. The molecule has 0 aliphatic heterocycles. The Labute approximate surface area is 149 Å². The summed E-state index contributed by atoms with van der Waals surface area (Å²) in [6, 6.07) is 3.08. The zero-order valence-corrected chi connectivity index (χ0v) is 13.6. The second kappa shape index (κ2) is 7.04. The van der Waals surface area contributed by atoms with Crippen molar-refractivity contribution in [3.63, 3.8) is 0 Å². The van der Waals surface area contributed by atoms with Gasteiger partial charge in [0.1, 0.15) is 5.75 Å². The molecule has 1 aromatic carbocycles. The highest BCUT2D eigenvalue weighted by molar-refractivity contribution is 5.81. The molecule has 0 aromatic heterocycles. The van der Waals surface area contributed by atoms with Crippen LogP contribution in [0.4, 0.5) is 48.3 Å². The van der Waals surface area contributed by atoms with E-state index in [1.807, 2.05) is 0 Å². The van der Waals surface area contributed by atoms with Crippen LogP contribution in [0.1, 0.15) is 11.1 Å². The molecule has 0 unspecified atom stereocenters. The topological polar surface area (TPSA) is 35.5 Å². The molecule has 1 atom stereocenters. The molecule has 14 heteroatoms. The van der Waals surface area contributed by atoms with Gasteiger partial charge in [-0.25, -0.2) is 4.79 Å². The van der Waals surface area contributed by atoms with Gasteiger partial charge in [0.25, 0.3) is 0 Å². The van der Waals surface area contributed by atoms with Gasteiger partial charge < -0.3 is 4.74 Å². The molecule has 0 amide bonds. The minimum absolute atomic E-state index is 0.245. The van der Waals surface area contributed by atoms with Gasteiger partial charge in [0.05, 0.1) is 0 Å². The highest BCUT2D eigenvalue weighted by Crippen LogP contribution is 2.51. The predicted molar refractivity (Wildman–Crippen MR) is 68.5 cm³/mol. The van der Waals surface area contributed by atoms with Gasteiger partial charge in [-0.2, -0.15) is 48.3 Å². The minimum atomic E-state index is -7.26. The first-order valence-corrected chi connectivity index (χ1v) is 6.83. The van der Waals surface area contributed by atoms with Crippen molar-refractivity contribution >= 4 is 5.97 Å². The van der Waals surface area contributed by atoms with Crippen molar-refractivity contribution in [3.8, 4) is 5.75 Å². The fraction of sp³-hybridized carbons (Fsp3) is 0.500. The number of alkyl halides is 11. The van der Waals surface area contributed by atoms with Crippen molar-refractivity contribution in [3.05, 3.63) is 29.3 Å². The summed E-state index contributed by atoms with van der Waals surface area (Å²) in [5, 5.41) is 0. The van der Waals surface area contributed by atoms with Crippen LogP contribution >= 0.6 is 0 Å². The number of esters is 1. The monoisotopic (exact) mass is 434 g/mol. The van der Waals surface area contributed by atoms with E-state index in [1.165, 1.54) is 19.9 Å². The van der Waals surface area contributed by atoms with Gasteiger partial charge >= 0.3 is 36.2 Å². The van der Waals surface area contributed by atoms with E-state index >= 15 is 0 Å². The lowest BCUT2D eigenvalue weighted by Gasteiger charge is -2.33. The lowest BCUT2D eigenvalue weighted by molar-refractivity contribution is -0.474. The van der Waals surface area contributed by atoms with Gasteiger partial charge in [-0.3, -0.25) is 4.74 Å². The van der Waals surface area contributed by atoms with Crippen LogP contribution in [-0.4, -0.2) is 36.2 Å². The molecule has 160 valence electrons. The summed E-state index contributed by atoms with van der Waals surface area (Å²) in [6.07, 6.45) is -21.0. The van der Waals surface area contributed by atoms with Crippen LogP contribution in [0, 0.1) is 13.8 Å². The Hall–Kier alpha value is -2.12. The van der Waals surface area contributed by atoms with E-state index in [9.17, 15) is 53.1 Å². The third-order valence-corrected chi connectivity index (χ3v) is 3.02. The van der Waals surface area contributed by atoms with Gasteiger partial charge in [-0.05, 0) is 37.1 Å². The Morgan fingerprint density at radius 1 is 0.750 bits per heavy atom. The molecule has 0 fully saturated rings. The lowest BCUT2D eigenvalue weighted by atomic mass is 10.1. The average Bonchev–Trinajstić information content (AvgIpc) is 2.42. The van der Waals surface area contributed by atoms with Crippen molar-refractivity contribution in [2.75, 3.05) is 0 Å². The Morgan fingerprint density at radius 2 is 1.18 bits per heavy atom. The van der Waals surface area contributed by atoms with Gasteiger partial charge in [0, 0.05) is 0 Å². The zero-order chi connectivity index (χ0) is 22.3. The highest BCUT2D eigenvalue weighted by Gasteiger charge is 2.80. The second-order valence-corrected chi connectivity index (χ2v) is 5.50. The molecule has 1 aromatic rings. The number of aryl methyl sites for hydroxylation is 2. The fourth-order valence-corrected chi connectivity index (χ4v) is 1.79. The molecular formula is C14H9F11O3. The Kier molecular flexibility index (Phi) is 6.02. The predicted octanol–water partition coefficient (Wildman–Crippen LogP) is 5.24. The lowest BCUT2D eigenvalue weighted by Crippen LogP contribution is -2.62. The third-order valence-electron chi connectivity index (χ3n) is 3.02. The molecular weight excluding hydrogens is 425 g/mol. The number of carbonyl (C=O) groups is 1. The van der Waals surface area contributed by atoms with Crippen LogP contribution in [0.2, 0.25) is 0 Å². The molecule has 1 rings (SSSR count). The molecule has 0 N–H and O–H groups in total. The highest BCUT2D eigenvalue weighted by atomic mass is 19.4. The van der Waals surface area contributed by atoms with Gasteiger partial charge in [0.2, 0.25) is 0 Å². The summed E-state index contributed by atoms with van der Waals surface area (Å²) in [5.74, 6) is -17.8. The van der Waals surface area contributed by atoms with Gasteiger partial charge in [-0.1, -0.05) is 6.07 Å². The summed E-state index contributed by atoms with van der Waals surface area (Å²) >= 11 is 0. The second-order valence-electron chi connectivity index (χ2n) is 5.50. The summed E-state index contributed by atoms with van der Waals surface area (Å²) in [5.41, 5.74) is 0.489. The van der Waals surface area contributed by atoms with Crippen LogP contribution < -0.4 is 4.74 Å². The van der Waals surface area contributed by atoms with Crippen molar-refractivity contribution in [1.82, 2.24) is 0 Å². The maximum Gasteiger partial charge on any atom is 0.462 e. The first kappa shape index (κ1) is 23.9. The number of hydrogen-bond donors (Lipinski definition) is 0.